The van der Waals surface area contributed by atoms with Crippen LogP contribution >= 0.6 is 23.4 Å². The topological polar surface area (TPSA) is 46.5 Å². The second kappa shape index (κ2) is 10.1. The van der Waals surface area contributed by atoms with Crippen LogP contribution in [0.5, 0.6) is 5.75 Å². The fraction of sp³-hybridized carbons (Fsp3) is 0.0870. The summed E-state index contributed by atoms with van der Waals surface area (Å²) in [4.78, 5) is 11.5. The van der Waals surface area contributed by atoms with E-state index in [0.29, 0.717) is 16.5 Å². The van der Waals surface area contributed by atoms with E-state index >= 15 is 0 Å². The largest absolute Gasteiger partial charge is 0.480 e. The second-order valence-corrected chi connectivity index (χ2v) is 7.58. The van der Waals surface area contributed by atoms with Gasteiger partial charge in [-0.2, -0.15) is 0 Å². The molecule has 0 aliphatic carbocycles. The SMILES string of the molecule is O=C(O)COc1ccc(SC/C=C(/c2ccccc2)c2cccc(F)c2)cc1Cl. The Hall–Kier alpha value is -2.76. The highest BCUT2D eigenvalue weighted by Gasteiger charge is 2.08. The van der Waals surface area contributed by atoms with Crippen molar-refractivity contribution in [2.75, 3.05) is 12.4 Å². The molecule has 0 heterocycles. The molecule has 3 aromatic rings. The highest BCUT2D eigenvalue weighted by Crippen LogP contribution is 2.31. The van der Waals surface area contributed by atoms with Crippen LogP contribution in [0.1, 0.15) is 11.1 Å². The van der Waals surface area contributed by atoms with Crippen molar-refractivity contribution in [2.24, 2.45) is 0 Å². The third-order valence-corrected chi connectivity index (χ3v) is 5.23. The summed E-state index contributed by atoms with van der Waals surface area (Å²) in [6, 6.07) is 21.6. The van der Waals surface area contributed by atoms with E-state index in [9.17, 15) is 9.18 Å². The van der Waals surface area contributed by atoms with Gasteiger partial charge < -0.3 is 9.84 Å². The monoisotopic (exact) mass is 428 g/mol. The second-order valence-electron chi connectivity index (χ2n) is 6.08. The molecule has 0 spiro atoms. The molecule has 0 bridgehead atoms. The molecular weight excluding hydrogens is 411 g/mol. The summed E-state index contributed by atoms with van der Waals surface area (Å²) < 4.78 is 18.9. The van der Waals surface area contributed by atoms with Crippen molar-refractivity contribution in [1.82, 2.24) is 0 Å². The van der Waals surface area contributed by atoms with Crippen LogP contribution in [0.2, 0.25) is 5.02 Å². The van der Waals surface area contributed by atoms with Crippen molar-refractivity contribution in [1.29, 1.82) is 0 Å². The minimum atomic E-state index is -1.06. The van der Waals surface area contributed by atoms with Crippen molar-refractivity contribution < 1.29 is 19.0 Å². The molecule has 1 N–H and O–H groups in total. The standard InChI is InChI=1S/C23H18ClFO3S/c24-21-14-19(9-10-22(21)28-15-23(26)27)29-12-11-20(16-5-2-1-3-6-16)17-7-4-8-18(25)13-17/h1-11,13-14H,12,15H2,(H,26,27)/b20-11-. The van der Waals surface area contributed by atoms with Gasteiger partial charge >= 0.3 is 5.97 Å². The lowest BCUT2D eigenvalue weighted by molar-refractivity contribution is -0.139. The minimum Gasteiger partial charge on any atom is -0.480 e. The van der Waals surface area contributed by atoms with E-state index in [1.165, 1.54) is 12.1 Å². The number of hydrogen-bond acceptors (Lipinski definition) is 3. The first-order chi connectivity index (χ1) is 14.0. The fourth-order valence-electron chi connectivity index (χ4n) is 2.73. The maximum atomic E-state index is 13.7. The van der Waals surface area contributed by atoms with Crippen molar-refractivity contribution in [3.63, 3.8) is 0 Å². The summed E-state index contributed by atoms with van der Waals surface area (Å²) in [5.74, 6) is -0.360. The van der Waals surface area contributed by atoms with Crippen LogP contribution in [0.4, 0.5) is 4.39 Å². The van der Waals surface area contributed by atoms with Crippen molar-refractivity contribution in [2.45, 2.75) is 4.90 Å². The van der Waals surface area contributed by atoms with Crippen molar-refractivity contribution in [3.05, 3.63) is 101 Å². The lowest BCUT2D eigenvalue weighted by Gasteiger charge is -2.10. The Kier molecular flexibility index (Phi) is 7.33. The van der Waals surface area contributed by atoms with Gasteiger partial charge in [0.2, 0.25) is 0 Å². The Balaban J connectivity index is 1.76. The van der Waals surface area contributed by atoms with E-state index in [1.807, 2.05) is 42.5 Å². The summed E-state index contributed by atoms with van der Waals surface area (Å²) >= 11 is 7.74. The average molecular weight is 429 g/mol. The Bertz CT molecular complexity index is 1020. The Labute approximate surface area is 177 Å². The third-order valence-electron chi connectivity index (χ3n) is 4.01. The Morgan fingerprint density at radius 2 is 1.79 bits per heavy atom. The smallest absolute Gasteiger partial charge is 0.341 e. The summed E-state index contributed by atoms with van der Waals surface area (Å²) in [7, 11) is 0. The van der Waals surface area contributed by atoms with Crippen LogP contribution in [-0.4, -0.2) is 23.4 Å². The molecule has 3 nitrogen and oxygen atoms in total. The van der Waals surface area contributed by atoms with E-state index in [2.05, 4.69) is 6.08 Å². The molecule has 0 amide bonds. The molecule has 0 fully saturated rings. The lowest BCUT2D eigenvalue weighted by atomic mass is 9.98. The number of carboxylic acid groups (broad SMARTS) is 1. The predicted molar refractivity (Wildman–Crippen MR) is 115 cm³/mol. The number of aliphatic carboxylic acids is 1. The van der Waals surface area contributed by atoms with E-state index in [1.54, 1.807) is 30.0 Å². The molecule has 0 saturated carbocycles. The number of carboxylic acids is 1. The van der Waals surface area contributed by atoms with E-state index in [-0.39, 0.29) is 5.82 Å². The number of hydrogen-bond donors (Lipinski definition) is 1. The first kappa shape index (κ1) is 21.0. The number of halogens is 2. The predicted octanol–water partition coefficient (Wildman–Crippen LogP) is 6.17. The first-order valence-electron chi connectivity index (χ1n) is 8.81. The van der Waals surface area contributed by atoms with Gasteiger partial charge in [0.25, 0.3) is 0 Å². The summed E-state index contributed by atoms with van der Waals surface area (Å²) in [5, 5.41) is 9.05. The molecule has 0 atom stereocenters. The lowest BCUT2D eigenvalue weighted by Crippen LogP contribution is -2.09. The molecule has 0 aliphatic heterocycles. The van der Waals surface area contributed by atoms with Crippen LogP contribution < -0.4 is 4.74 Å². The van der Waals surface area contributed by atoms with Gasteiger partial charge in [-0.1, -0.05) is 60.1 Å². The van der Waals surface area contributed by atoms with Crippen LogP contribution in [0.25, 0.3) is 5.57 Å². The summed E-state index contributed by atoms with van der Waals surface area (Å²) in [6.07, 6.45) is 2.05. The van der Waals surface area contributed by atoms with E-state index in [0.717, 1.165) is 21.6 Å². The van der Waals surface area contributed by atoms with Gasteiger partial charge in [-0.25, -0.2) is 9.18 Å². The molecule has 0 saturated heterocycles. The maximum Gasteiger partial charge on any atom is 0.341 e. The zero-order valence-electron chi connectivity index (χ0n) is 15.3. The molecular formula is C23H18ClFO3S. The fourth-order valence-corrected chi connectivity index (χ4v) is 3.83. The molecule has 0 aromatic heterocycles. The highest BCUT2D eigenvalue weighted by atomic mass is 35.5. The number of benzene rings is 3. The summed E-state index contributed by atoms with van der Waals surface area (Å²) in [5.41, 5.74) is 2.77. The quantitative estimate of drug-likeness (QED) is 0.436. The van der Waals surface area contributed by atoms with Crippen molar-refractivity contribution in [3.8, 4) is 5.75 Å². The van der Waals surface area contributed by atoms with Crippen LogP contribution in [0.3, 0.4) is 0 Å². The van der Waals surface area contributed by atoms with Gasteiger partial charge in [0.1, 0.15) is 11.6 Å². The Morgan fingerprint density at radius 1 is 1.03 bits per heavy atom. The van der Waals surface area contributed by atoms with Gasteiger partial charge in [-0.05, 0) is 47.0 Å². The van der Waals surface area contributed by atoms with Crippen LogP contribution in [0.15, 0.2) is 83.8 Å². The average Bonchev–Trinajstić information content (AvgIpc) is 2.71. The minimum absolute atomic E-state index is 0.277. The molecule has 3 aromatic carbocycles. The van der Waals surface area contributed by atoms with Gasteiger partial charge in [0.15, 0.2) is 6.61 Å². The van der Waals surface area contributed by atoms with Gasteiger partial charge in [-0.15, -0.1) is 11.8 Å². The molecule has 3 rings (SSSR count). The van der Waals surface area contributed by atoms with Crippen LogP contribution in [0, 0.1) is 5.82 Å². The van der Waals surface area contributed by atoms with Gasteiger partial charge in [0, 0.05) is 10.6 Å². The highest BCUT2D eigenvalue weighted by molar-refractivity contribution is 7.99. The number of carbonyl (C=O) groups is 1. The van der Waals surface area contributed by atoms with E-state index < -0.39 is 12.6 Å². The van der Waals surface area contributed by atoms with Gasteiger partial charge in [-0.3, -0.25) is 0 Å². The zero-order valence-corrected chi connectivity index (χ0v) is 16.9. The van der Waals surface area contributed by atoms with E-state index in [4.69, 9.17) is 21.4 Å². The Morgan fingerprint density at radius 3 is 2.48 bits per heavy atom. The normalized spacial score (nSPS) is 11.3. The maximum absolute atomic E-state index is 13.7. The molecule has 0 unspecified atom stereocenters. The molecule has 6 heteroatoms. The molecule has 148 valence electrons. The number of ether oxygens (including phenoxy) is 1. The summed E-state index contributed by atoms with van der Waals surface area (Å²) in [6.45, 7) is -0.441. The number of thioether (sulfide) groups is 1. The molecule has 29 heavy (non-hydrogen) atoms. The van der Waals surface area contributed by atoms with Crippen molar-refractivity contribution >= 4 is 34.9 Å². The molecule has 0 radical (unpaired) electrons. The number of rotatable bonds is 8. The van der Waals surface area contributed by atoms with Crippen LogP contribution in [-0.2, 0) is 4.79 Å². The zero-order chi connectivity index (χ0) is 20.6. The third kappa shape index (κ3) is 6.11. The van der Waals surface area contributed by atoms with Gasteiger partial charge in [0.05, 0.1) is 5.02 Å². The first-order valence-corrected chi connectivity index (χ1v) is 10.2. The molecule has 0 aliphatic rings.